The van der Waals surface area contributed by atoms with Crippen LogP contribution < -0.4 is 21.2 Å². The summed E-state index contributed by atoms with van der Waals surface area (Å²) in [5.41, 5.74) is 0.974. The summed E-state index contributed by atoms with van der Waals surface area (Å²) in [6, 6.07) is 14.0. The molecule has 2 aromatic carbocycles. The van der Waals surface area contributed by atoms with Crippen molar-refractivity contribution in [1.29, 1.82) is 0 Å². The lowest BCUT2D eigenvalue weighted by Gasteiger charge is -2.03. The molecule has 0 fully saturated rings. The van der Waals surface area contributed by atoms with Crippen LogP contribution in [0, 0.1) is 0 Å². The van der Waals surface area contributed by atoms with E-state index in [0.717, 1.165) is 11.3 Å². The SMILES string of the molecule is O=C(CSc1nnc(Nc2nc(O)c(C3=c4ccccc4=NC3=O)s2)s1)Nc1ccc(Cl)cc1. The Balaban J connectivity index is 1.24. The van der Waals surface area contributed by atoms with E-state index in [2.05, 4.69) is 30.8 Å². The number of aromatic hydroxyl groups is 1. The Bertz CT molecular complexity index is 1530. The van der Waals surface area contributed by atoms with Gasteiger partial charge in [-0.3, -0.25) is 9.59 Å². The number of aromatic nitrogens is 3. The quantitative estimate of drug-likeness (QED) is 0.312. The third-order valence-electron chi connectivity index (χ3n) is 4.52. The van der Waals surface area contributed by atoms with Crippen molar-refractivity contribution < 1.29 is 14.7 Å². The number of rotatable bonds is 7. The number of benzene rings is 2. The zero-order valence-electron chi connectivity index (χ0n) is 17.0. The largest absolute Gasteiger partial charge is 0.492 e. The lowest BCUT2D eigenvalue weighted by molar-refractivity contribution is -0.114. The van der Waals surface area contributed by atoms with Crippen LogP contribution in [0.1, 0.15) is 4.88 Å². The molecule has 0 atom stereocenters. The monoisotopic (exact) mass is 528 g/mol. The molecule has 170 valence electrons. The summed E-state index contributed by atoms with van der Waals surface area (Å²) < 4.78 is 0.586. The van der Waals surface area contributed by atoms with Gasteiger partial charge in [-0.1, -0.05) is 64.2 Å². The molecular weight excluding hydrogens is 516 g/mol. The first-order valence-electron chi connectivity index (χ1n) is 9.67. The standard InChI is InChI=1S/C21H13ClN6O3S3/c22-10-5-7-11(8-6-10)23-14(29)9-32-21-28-27-20(34-21)26-19-25-18(31)16(33-19)15-12-3-1-2-4-13(12)24-17(15)30/h1-8,31H,9H2,(H,23,29)(H,25,26,27). The highest BCUT2D eigenvalue weighted by Crippen LogP contribution is 2.36. The highest BCUT2D eigenvalue weighted by Gasteiger charge is 2.25. The van der Waals surface area contributed by atoms with Gasteiger partial charge in [0.15, 0.2) is 9.47 Å². The van der Waals surface area contributed by atoms with Crippen LogP contribution in [0.15, 0.2) is 57.9 Å². The number of halogens is 1. The number of carbonyl (C=O) groups is 2. The van der Waals surface area contributed by atoms with E-state index in [1.165, 1.54) is 23.1 Å². The Morgan fingerprint density at radius 1 is 1.06 bits per heavy atom. The van der Waals surface area contributed by atoms with Crippen molar-refractivity contribution in [1.82, 2.24) is 15.2 Å². The summed E-state index contributed by atoms with van der Waals surface area (Å²) in [6.45, 7) is 0. The average Bonchev–Trinajstić information content (AvgIpc) is 3.50. The third-order valence-corrected chi connectivity index (χ3v) is 7.72. The number of hydrogen-bond donors (Lipinski definition) is 3. The van der Waals surface area contributed by atoms with Gasteiger partial charge in [0.25, 0.3) is 5.91 Å². The number of hydrogen-bond acceptors (Lipinski definition) is 10. The minimum atomic E-state index is -0.418. The summed E-state index contributed by atoms with van der Waals surface area (Å²) in [4.78, 5) is 33.0. The summed E-state index contributed by atoms with van der Waals surface area (Å²) in [7, 11) is 0. The Morgan fingerprint density at radius 3 is 2.68 bits per heavy atom. The van der Waals surface area contributed by atoms with E-state index in [-0.39, 0.29) is 17.5 Å². The van der Waals surface area contributed by atoms with Gasteiger partial charge in [0, 0.05) is 15.9 Å². The van der Waals surface area contributed by atoms with Crippen LogP contribution in [0.25, 0.3) is 5.57 Å². The minimum Gasteiger partial charge on any atom is -0.492 e. The van der Waals surface area contributed by atoms with Crippen molar-refractivity contribution >= 4 is 79.4 Å². The number of nitrogens with zero attached hydrogens (tertiary/aromatic N) is 4. The van der Waals surface area contributed by atoms with E-state index < -0.39 is 5.91 Å². The number of fused-ring (bicyclic) bond motifs is 1. The second kappa shape index (κ2) is 9.50. The molecule has 2 aromatic heterocycles. The van der Waals surface area contributed by atoms with Crippen molar-refractivity contribution in [3.05, 3.63) is 69.0 Å². The second-order valence-corrected chi connectivity index (χ2v) is 10.5. The first-order valence-corrected chi connectivity index (χ1v) is 12.7. The van der Waals surface area contributed by atoms with Crippen LogP contribution >= 0.6 is 46.0 Å². The predicted molar refractivity (Wildman–Crippen MR) is 133 cm³/mol. The molecule has 13 heteroatoms. The molecule has 9 nitrogen and oxygen atoms in total. The van der Waals surface area contributed by atoms with Gasteiger partial charge in [-0.05, 0) is 30.3 Å². The van der Waals surface area contributed by atoms with Crippen molar-refractivity contribution in [2.24, 2.45) is 4.99 Å². The summed E-state index contributed by atoms with van der Waals surface area (Å²) in [5.74, 6) is -0.711. The summed E-state index contributed by atoms with van der Waals surface area (Å²) in [5, 5.41) is 26.9. The molecule has 1 aliphatic rings. The maximum Gasteiger partial charge on any atom is 0.279 e. The smallest absolute Gasteiger partial charge is 0.279 e. The Hall–Kier alpha value is -3.32. The fraction of sp³-hybridized carbons (Fsp3) is 0.0476. The van der Waals surface area contributed by atoms with E-state index >= 15 is 0 Å². The molecule has 3 heterocycles. The molecule has 0 saturated carbocycles. The maximum absolute atomic E-state index is 12.4. The Labute approximate surface area is 209 Å². The zero-order chi connectivity index (χ0) is 23.7. The van der Waals surface area contributed by atoms with Crippen LogP contribution in [-0.2, 0) is 9.59 Å². The average molecular weight is 529 g/mol. The third kappa shape index (κ3) is 4.80. The fourth-order valence-corrected chi connectivity index (χ4v) is 5.73. The highest BCUT2D eigenvalue weighted by molar-refractivity contribution is 8.01. The van der Waals surface area contributed by atoms with Gasteiger partial charge in [-0.25, -0.2) is 4.99 Å². The molecule has 0 bridgehead atoms. The molecule has 0 radical (unpaired) electrons. The van der Waals surface area contributed by atoms with E-state index in [1.54, 1.807) is 48.5 Å². The normalized spacial score (nSPS) is 12.4. The van der Waals surface area contributed by atoms with Crippen LogP contribution in [0.2, 0.25) is 5.02 Å². The number of carbonyl (C=O) groups excluding carboxylic acids is 2. The zero-order valence-corrected chi connectivity index (χ0v) is 20.2. The summed E-state index contributed by atoms with van der Waals surface area (Å²) in [6.07, 6.45) is 0. The lowest BCUT2D eigenvalue weighted by atomic mass is 10.1. The topological polar surface area (TPSA) is 129 Å². The number of amides is 2. The molecule has 0 aliphatic carbocycles. The maximum atomic E-state index is 12.4. The fourth-order valence-electron chi connectivity index (χ4n) is 3.08. The molecule has 0 spiro atoms. The van der Waals surface area contributed by atoms with Gasteiger partial charge in [0.05, 0.1) is 16.7 Å². The molecule has 4 aromatic rings. The predicted octanol–water partition coefficient (Wildman–Crippen LogP) is 3.19. The van der Waals surface area contributed by atoms with Gasteiger partial charge in [0.1, 0.15) is 4.88 Å². The molecule has 34 heavy (non-hydrogen) atoms. The van der Waals surface area contributed by atoms with E-state index in [9.17, 15) is 14.7 Å². The number of thioether (sulfide) groups is 1. The van der Waals surface area contributed by atoms with E-state index in [0.29, 0.717) is 46.3 Å². The Morgan fingerprint density at radius 2 is 1.85 bits per heavy atom. The summed E-state index contributed by atoms with van der Waals surface area (Å²) >= 11 is 9.44. The second-order valence-electron chi connectivity index (χ2n) is 6.82. The molecule has 0 unspecified atom stereocenters. The van der Waals surface area contributed by atoms with Crippen LogP contribution in [0.5, 0.6) is 5.88 Å². The molecule has 0 saturated heterocycles. The van der Waals surface area contributed by atoms with Crippen molar-refractivity contribution in [3.63, 3.8) is 0 Å². The number of para-hydroxylation sites is 1. The van der Waals surface area contributed by atoms with Gasteiger partial charge < -0.3 is 15.7 Å². The first kappa shape index (κ1) is 22.5. The molecule has 1 aliphatic heterocycles. The van der Waals surface area contributed by atoms with Crippen LogP contribution in [0.3, 0.4) is 0 Å². The molecule has 2 amide bonds. The van der Waals surface area contributed by atoms with Crippen molar-refractivity contribution in [3.8, 4) is 5.88 Å². The highest BCUT2D eigenvalue weighted by atomic mass is 35.5. The first-order chi connectivity index (χ1) is 16.5. The van der Waals surface area contributed by atoms with E-state index in [4.69, 9.17) is 11.6 Å². The van der Waals surface area contributed by atoms with Crippen LogP contribution in [-0.4, -0.2) is 37.9 Å². The number of anilines is 3. The minimum absolute atomic E-state index is 0.156. The molecular formula is C21H13ClN6O3S3. The van der Waals surface area contributed by atoms with Gasteiger partial charge in [-0.2, -0.15) is 4.98 Å². The van der Waals surface area contributed by atoms with Gasteiger partial charge in [-0.15, -0.1) is 10.2 Å². The van der Waals surface area contributed by atoms with E-state index in [1.807, 2.05) is 0 Å². The lowest BCUT2D eigenvalue weighted by Crippen LogP contribution is -2.22. The number of nitrogens with one attached hydrogen (secondary N) is 2. The Kier molecular flexibility index (Phi) is 6.28. The molecule has 3 N–H and O–H groups in total. The number of thiazole rings is 1. The van der Waals surface area contributed by atoms with Crippen molar-refractivity contribution in [2.45, 2.75) is 4.34 Å². The van der Waals surface area contributed by atoms with Gasteiger partial charge >= 0.3 is 0 Å². The van der Waals surface area contributed by atoms with Gasteiger partial charge in [0.2, 0.25) is 16.9 Å². The molecule has 5 rings (SSSR count). The van der Waals surface area contributed by atoms with Crippen LogP contribution in [0.4, 0.5) is 16.0 Å². The van der Waals surface area contributed by atoms with Crippen molar-refractivity contribution in [2.75, 3.05) is 16.4 Å².